The second-order valence-electron chi connectivity index (χ2n) is 8.07. The van der Waals surface area contributed by atoms with Crippen molar-refractivity contribution in [2.75, 3.05) is 12.3 Å². The normalized spacial score (nSPS) is 28.9. The SMILES string of the molecule is CC1(C)C[C@H]2C[C@](C)(CN2C(=O)CSc2c(Cl)cccc2Cl)C1. The predicted molar refractivity (Wildman–Crippen MR) is 98.4 cm³/mol. The molecule has 0 spiro atoms. The van der Waals surface area contributed by atoms with Gasteiger partial charge < -0.3 is 4.90 Å². The van der Waals surface area contributed by atoms with Gasteiger partial charge in [-0.1, -0.05) is 50.0 Å². The van der Waals surface area contributed by atoms with Gasteiger partial charge in [-0.2, -0.15) is 0 Å². The van der Waals surface area contributed by atoms with Crippen LogP contribution in [0.2, 0.25) is 10.0 Å². The van der Waals surface area contributed by atoms with Crippen molar-refractivity contribution in [1.29, 1.82) is 0 Å². The van der Waals surface area contributed by atoms with E-state index in [9.17, 15) is 4.79 Å². The Kier molecular flexibility index (Phi) is 4.67. The van der Waals surface area contributed by atoms with E-state index in [1.165, 1.54) is 18.2 Å². The Morgan fingerprint density at radius 1 is 1.26 bits per heavy atom. The van der Waals surface area contributed by atoms with E-state index >= 15 is 0 Å². The molecule has 1 aliphatic carbocycles. The standard InChI is InChI=1S/C18H23Cl2NOS/c1-17(2)7-12-8-18(3,10-17)11-21(12)15(22)9-23-16-13(19)5-4-6-14(16)20/h4-6,12H,7-11H2,1-3H3/t12-,18-/m0/s1. The molecule has 126 valence electrons. The van der Waals surface area contributed by atoms with Gasteiger partial charge in [0.25, 0.3) is 0 Å². The average Bonchev–Trinajstić information content (AvgIpc) is 2.67. The molecule has 1 amide bonds. The van der Waals surface area contributed by atoms with Crippen LogP contribution in [0.1, 0.15) is 40.0 Å². The van der Waals surface area contributed by atoms with Gasteiger partial charge in [0.15, 0.2) is 0 Å². The Morgan fingerprint density at radius 2 is 1.91 bits per heavy atom. The topological polar surface area (TPSA) is 20.3 Å². The molecular formula is C18H23Cl2NOS. The van der Waals surface area contributed by atoms with Gasteiger partial charge in [0.05, 0.1) is 15.8 Å². The van der Waals surface area contributed by atoms with Gasteiger partial charge >= 0.3 is 0 Å². The fraction of sp³-hybridized carbons (Fsp3) is 0.611. The Morgan fingerprint density at radius 3 is 2.57 bits per heavy atom. The van der Waals surface area contributed by atoms with E-state index in [0.717, 1.165) is 24.3 Å². The summed E-state index contributed by atoms with van der Waals surface area (Å²) >= 11 is 13.8. The lowest BCUT2D eigenvalue weighted by molar-refractivity contribution is -0.129. The van der Waals surface area contributed by atoms with E-state index < -0.39 is 0 Å². The molecule has 1 aliphatic heterocycles. The number of likely N-dealkylation sites (tertiary alicyclic amines) is 1. The van der Waals surface area contributed by atoms with Crippen LogP contribution in [0.4, 0.5) is 0 Å². The highest BCUT2D eigenvalue weighted by molar-refractivity contribution is 8.00. The van der Waals surface area contributed by atoms with E-state index in [0.29, 0.717) is 27.3 Å². The summed E-state index contributed by atoms with van der Waals surface area (Å²) in [6.07, 6.45) is 3.44. The van der Waals surface area contributed by atoms with Crippen molar-refractivity contribution in [2.24, 2.45) is 10.8 Å². The maximum atomic E-state index is 12.8. The summed E-state index contributed by atoms with van der Waals surface area (Å²) in [5, 5.41) is 1.23. The molecule has 0 aromatic heterocycles. The second kappa shape index (κ2) is 6.16. The van der Waals surface area contributed by atoms with Gasteiger partial charge in [-0.05, 0) is 42.2 Å². The van der Waals surface area contributed by atoms with Crippen LogP contribution in [0, 0.1) is 10.8 Å². The maximum Gasteiger partial charge on any atom is 0.233 e. The van der Waals surface area contributed by atoms with Crippen molar-refractivity contribution in [3.05, 3.63) is 28.2 Å². The van der Waals surface area contributed by atoms with Gasteiger partial charge in [0, 0.05) is 17.5 Å². The first-order valence-electron chi connectivity index (χ1n) is 8.05. The zero-order valence-electron chi connectivity index (χ0n) is 13.9. The van der Waals surface area contributed by atoms with E-state index in [1.54, 1.807) is 0 Å². The number of benzene rings is 1. The number of halogens is 2. The highest BCUT2D eigenvalue weighted by Crippen LogP contribution is 2.52. The third-order valence-corrected chi connectivity index (χ3v) is 6.97. The molecule has 0 N–H and O–H groups in total. The molecule has 2 bridgehead atoms. The molecule has 1 heterocycles. The lowest BCUT2D eigenvalue weighted by Crippen LogP contribution is -2.38. The summed E-state index contributed by atoms with van der Waals surface area (Å²) in [6.45, 7) is 7.86. The number of rotatable bonds is 3. The number of nitrogens with zero attached hydrogens (tertiary/aromatic N) is 1. The van der Waals surface area contributed by atoms with Gasteiger partial charge in [0.2, 0.25) is 5.91 Å². The van der Waals surface area contributed by atoms with Crippen LogP contribution in [0.5, 0.6) is 0 Å². The number of carbonyl (C=O) groups excluding carboxylic acids is 1. The minimum absolute atomic E-state index is 0.206. The molecule has 1 saturated heterocycles. The third-order valence-electron chi connectivity index (χ3n) is 4.99. The van der Waals surface area contributed by atoms with E-state index in [2.05, 4.69) is 25.7 Å². The molecule has 5 heteroatoms. The summed E-state index contributed by atoms with van der Waals surface area (Å²) in [5.41, 5.74) is 0.598. The minimum Gasteiger partial charge on any atom is -0.338 e. The largest absolute Gasteiger partial charge is 0.338 e. The molecule has 1 aromatic rings. The molecule has 2 nitrogen and oxygen atoms in total. The molecule has 23 heavy (non-hydrogen) atoms. The zero-order valence-corrected chi connectivity index (χ0v) is 16.2. The summed E-state index contributed by atoms with van der Waals surface area (Å²) in [7, 11) is 0. The smallest absolute Gasteiger partial charge is 0.233 e. The number of fused-ring (bicyclic) bond motifs is 2. The minimum atomic E-state index is 0.206. The zero-order chi connectivity index (χ0) is 16.8. The van der Waals surface area contributed by atoms with Crippen LogP contribution >= 0.6 is 35.0 Å². The van der Waals surface area contributed by atoms with Crippen molar-refractivity contribution in [1.82, 2.24) is 4.90 Å². The second-order valence-corrected chi connectivity index (χ2v) is 9.87. The highest BCUT2D eigenvalue weighted by atomic mass is 35.5. The summed E-state index contributed by atoms with van der Waals surface area (Å²) in [5.74, 6) is 0.605. The first-order valence-corrected chi connectivity index (χ1v) is 9.80. The Labute approximate surface area is 152 Å². The number of amides is 1. The predicted octanol–water partition coefficient (Wildman–Crippen LogP) is 5.51. The molecule has 2 fully saturated rings. The summed E-state index contributed by atoms with van der Waals surface area (Å²) in [4.78, 5) is 15.7. The lowest BCUT2D eigenvalue weighted by Gasteiger charge is -2.39. The Bertz CT molecular complexity index is 613. The van der Waals surface area contributed by atoms with Crippen LogP contribution in [-0.4, -0.2) is 29.1 Å². The Balaban J connectivity index is 1.68. The molecule has 2 aliphatic rings. The van der Waals surface area contributed by atoms with Gasteiger partial charge in [-0.25, -0.2) is 0 Å². The van der Waals surface area contributed by atoms with Gasteiger partial charge in [-0.3, -0.25) is 4.79 Å². The number of hydrogen-bond acceptors (Lipinski definition) is 2. The monoisotopic (exact) mass is 371 g/mol. The molecule has 2 atom stereocenters. The fourth-order valence-corrected chi connectivity index (χ4v) is 6.16. The van der Waals surface area contributed by atoms with Crippen molar-refractivity contribution in [3.8, 4) is 0 Å². The quantitative estimate of drug-likeness (QED) is 0.652. The van der Waals surface area contributed by atoms with E-state index in [-0.39, 0.29) is 11.3 Å². The molecule has 1 aromatic carbocycles. The van der Waals surface area contributed by atoms with Crippen molar-refractivity contribution in [2.45, 2.75) is 51.0 Å². The van der Waals surface area contributed by atoms with Gasteiger partial charge in [0.1, 0.15) is 0 Å². The van der Waals surface area contributed by atoms with Crippen molar-refractivity contribution < 1.29 is 4.79 Å². The first kappa shape index (κ1) is 17.4. The van der Waals surface area contributed by atoms with Crippen LogP contribution in [0.15, 0.2) is 23.1 Å². The third kappa shape index (κ3) is 3.67. The summed E-state index contributed by atoms with van der Waals surface area (Å²) in [6, 6.07) is 5.83. The van der Waals surface area contributed by atoms with Crippen molar-refractivity contribution >= 4 is 40.9 Å². The van der Waals surface area contributed by atoms with Crippen molar-refractivity contribution in [3.63, 3.8) is 0 Å². The number of carbonyl (C=O) groups is 1. The molecule has 0 radical (unpaired) electrons. The summed E-state index contributed by atoms with van der Waals surface area (Å²) < 4.78 is 0. The van der Waals surface area contributed by atoms with Gasteiger partial charge in [-0.15, -0.1) is 11.8 Å². The van der Waals surface area contributed by atoms with E-state index in [4.69, 9.17) is 23.2 Å². The fourth-order valence-electron chi connectivity index (χ4n) is 4.59. The molecule has 0 unspecified atom stereocenters. The molecular weight excluding hydrogens is 349 g/mol. The average molecular weight is 372 g/mol. The lowest BCUT2D eigenvalue weighted by atomic mass is 9.65. The van der Waals surface area contributed by atoms with E-state index in [1.807, 2.05) is 18.2 Å². The first-order chi connectivity index (χ1) is 10.7. The number of hydrogen-bond donors (Lipinski definition) is 0. The van der Waals surface area contributed by atoms with Crippen LogP contribution < -0.4 is 0 Å². The molecule has 1 saturated carbocycles. The molecule has 3 rings (SSSR count). The highest BCUT2D eigenvalue weighted by Gasteiger charge is 2.50. The number of thioether (sulfide) groups is 1. The Hall–Kier alpha value is -0.380. The van der Waals surface area contributed by atoms with Crippen LogP contribution in [0.25, 0.3) is 0 Å². The van der Waals surface area contributed by atoms with Crippen LogP contribution in [-0.2, 0) is 4.79 Å². The van der Waals surface area contributed by atoms with Crippen LogP contribution in [0.3, 0.4) is 0 Å². The maximum absolute atomic E-state index is 12.8.